The van der Waals surface area contributed by atoms with Crippen molar-refractivity contribution in [2.75, 3.05) is 6.54 Å². The summed E-state index contributed by atoms with van der Waals surface area (Å²) < 4.78 is 32.6. The summed E-state index contributed by atoms with van der Waals surface area (Å²) >= 11 is 0. The molecule has 0 spiro atoms. The number of rotatable bonds is 7. The molecule has 0 amide bonds. The van der Waals surface area contributed by atoms with Gasteiger partial charge in [-0.3, -0.25) is 0 Å². The smallest absolute Gasteiger partial charge is 0.126 e. The fourth-order valence-electron chi connectivity index (χ4n) is 2.48. The molecular formula is C17H21F2NO. The first-order chi connectivity index (χ1) is 10.2. The van der Waals surface area contributed by atoms with Crippen LogP contribution >= 0.6 is 0 Å². The normalized spacial score (nSPS) is 12.6. The van der Waals surface area contributed by atoms with Gasteiger partial charge < -0.3 is 9.73 Å². The molecule has 1 heterocycles. The number of aryl methyl sites for hydroxylation is 1. The summed E-state index contributed by atoms with van der Waals surface area (Å²) in [5, 5.41) is 3.39. The summed E-state index contributed by atoms with van der Waals surface area (Å²) in [5.74, 6) is 0.102. The van der Waals surface area contributed by atoms with Gasteiger partial charge in [0.15, 0.2) is 0 Å². The first kappa shape index (κ1) is 15.7. The van der Waals surface area contributed by atoms with Crippen molar-refractivity contribution in [3.05, 3.63) is 59.1 Å². The van der Waals surface area contributed by atoms with Crippen LogP contribution in [-0.2, 0) is 12.8 Å². The van der Waals surface area contributed by atoms with Gasteiger partial charge in [0.1, 0.15) is 17.4 Å². The second-order valence-corrected chi connectivity index (χ2v) is 5.10. The van der Waals surface area contributed by atoms with Gasteiger partial charge in [-0.25, -0.2) is 8.78 Å². The lowest BCUT2D eigenvalue weighted by Crippen LogP contribution is -2.25. The Morgan fingerprint density at radius 1 is 1.19 bits per heavy atom. The van der Waals surface area contributed by atoms with Crippen LogP contribution in [0.5, 0.6) is 0 Å². The summed E-state index contributed by atoms with van der Waals surface area (Å²) in [6, 6.07) is 5.42. The Bertz CT molecular complexity index is 580. The molecule has 0 aliphatic carbocycles. The highest BCUT2D eigenvalue weighted by molar-refractivity contribution is 5.26. The van der Waals surface area contributed by atoms with Crippen LogP contribution in [0.3, 0.4) is 0 Å². The molecule has 2 nitrogen and oxygen atoms in total. The van der Waals surface area contributed by atoms with E-state index < -0.39 is 5.82 Å². The summed E-state index contributed by atoms with van der Waals surface area (Å²) in [4.78, 5) is 0. The van der Waals surface area contributed by atoms with Gasteiger partial charge in [0.2, 0.25) is 0 Å². The van der Waals surface area contributed by atoms with Gasteiger partial charge >= 0.3 is 0 Å². The van der Waals surface area contributed by atoms with Crippen molar-refractivity contribution >= 4 is 0 Å². The van der Waals surface area contributed by atoms with Gasteiger partial charge in [-0.2, -0.15) is 0 Å². The van der Waals surface area contributed by atoms with E-state index in [1.165, 1.54) is 12.1 Å². The van der Waals surface area contributed by atoms with E-state index in [-0.39, 0.29) is 11.9 Å². The van der Waals surface area contributed by atoms with E-state index in [9.17, 15) is 8.78 Å². The molecule has 0 bridgehead atoms. The number of benzene rings is 1. The van der Waals surface area contributed by atoms with E-state index in [0.717, 1.165) is 36.8 Å². The van der Waals surface area contributed by atoms with Crippen molar-refractivity contribution in [1.29, 1.82) is 0 Å². The molecule has 0 aliphatic rings. The monoisotopic (exact) mass is 293 g/mol. The quantitative estimate of drug-likeness (QED) is 0.818. The Morgan fingerprint density at radius 2 is 2.00 bits per heavy atom. The molecule has 0 fully saturated rings. The van der Waals surface area contributed by atoms with E-state index in [0.29, 0.717) is 12.0 Å². The lowest BCUT2D eigenvalue weighted by Gasteiger charge is -2.19. The second kappa shape index (κ2) is 7.36. The summed E-state index contributed by atoms with van der Waals surface area (Å²) in [7, 11) is 0. The molecule has 0 radical (unpaired) electrons. The average molecular weight is 293 g/mol. The van der Waals surface area contributed by atoms with E-state index >= 15 is 0 Å². The molecule has 1 atom stereocenters. The zero-order chi connectivity index (χ0) is 15.2. The second-order valence-electron chi connectivity index (χ2n) is 5.10. The Kier molecular flexibility index (Phi) is 5.51. The highest BCUT2D eigenvalue weighted by Gasteiger charge is 2.19. The third-order valence-electron chi connectivity index (χ3n) is 3.55. The van der Waals surface area contributed by atoms with Crippen molar-refractivity contribution in [2.24, 2.45) is 0 Å². The van der Waals surface area contributed by atoms with Crippen LogP contribution in [0.1, 0.15) is 43.2 Å². The van der Waals surface area contributed by atoms with Crippen LogP contribution in [0.25, 0.3) is 0 Å². The molecule has 0 aliphatic heterocycles. The molecular weight excluding hydrogens is 272 g/mol. The summed E-state index contributed by atoms with van der Waals surface area (Å²) in [5.41, 5.74) is 1.40. The molecule has 4 heteroatoms. The van der Waals surface area contributed by atoms with E-state index in [4.69, 9.17) is 4.42 Å². The van der Waals surface area contributed by atoms with Crippen molar-refractivity contribution in [2.45, 2.75) is 39.2 Å². The van der Waals surface area contributed by atoms with Gasteiger partial charge in [0.25, 0.3) is 0 Å². The maximum absolute atomic E-state index is 13.9. The molecule has 114 valence electrons. The SMILES string of the molecule is CCCNC(Cc1cc(F)ccc1F)c1ccoc1CC. The number of nitrogens with one attached hydrogen (secondary N) is 1. The van der Waals surface area contributed by atoms with E-state index in [1.54, 1.807) is 6.26 Å². The van der Waals surface area contributed by atoms with Crippen LogP contribution in [0.4, 0.5) is 8.78 Å². The van der Waals surface area contributed by atoms with Crippen LogP contribution in [0, 0.1) is 11.6 Å². The minimum absolute atomic E-state index is 0.0741. The molecule has 1 aromatic carbocycles. The Hall–Kier alpha value is -1.68. The third-order valence-corrected chi connectivity index (χ3v) is 3.55. The minimum Gasteiger partial charge on any atom is -0.469 e. The van der Waals surface area contributed by atoms with E-state index in [2.05, 4.69) is 12.2 Å². The molecule has 0 saturated heterocycles. The molecule has 1 unspecified atom stereocenters. The zero-order valence-electron chi connectivity index (χ0n) is 12.5. The lowest BCUT2D eigenvalue weighted by atomic mass is 9.97. The Labute approximate surface area is 124 Å². The minimum atomic E-state index is -0.413. The maximum atomic E-state index is 13.9. The van der Waals surface area contributed by atoms with E-state index in [1.807, 2.05) is 13.0 Å². The van der Waals surface area contributed by atoms with Crippen molar-refractivity contribution in [1.82, 2.24) is 5.32 Å². The average Bonchev–Trinajstić information content (AvgIpc) is 2.95. The number of hydrogen-bond donors (Lipinski definition) is 1. The summed E-state index contributed by atoms with van der Waals surface area (Å²) in [6.45, 7) is 4.90. The Balaban J connectivity index is 2.26. The van der Waals surface area contributed by atoms with Gasteiger partial charge in [-0.05, 0) is 49.2 Å². The Morgan fingerprint density at radius 3 is 2.71 bits per heavy atom. The molecule has 0 saturated carbocycles. The van der Waals surface area contributed by atoms with Crippen LogP contribution in [0.15, 0.2) is 34.9 Å². The highest BCUT2D eigenvalue weighted by Crippen LogP contribution is 2.25. The van der Waals surface area contributed by atoms with Gasteiger partial charge in [0.05, 0.1) is 6.26 Å². The predicted octanol–water partition coefficient (Wildman–Crippen LogP) is 4.40. The topological polar surface area (TPSA) is 25.2 Å². The number of hydrogen-bond acceptors (Lipinski definition) is 2. The molecule has 1 aromatic heterocycles. The molecule has 21 heavy (non-hydrogen) atoms. The van der Waals surface area contributed by atoms with Crippen molar-refractivity contribution in [3.8, 4) is 0 Å². The van der Waals surface area contributed by atoms with Crippen LogP contribution in [-0.4, -0.2) is 6.54 Å². The molecule has 1 N–H and O–H groups in total. The first-order valence-corrected chi connectivity index (χ1v) is 7.39. The van der Waals surface area contributed by atoms with Gasteiger partial charge in [0, 0.05) is 18.0 Å². The lowest BCUT2D eigenvalue weighted by molar-refractivity contribution is 0.475. The molecule has 2 aromatic rings. The number of halogens is 2. The maximum Gasteiger partial charge on any atom is 0.126 e. The fourth-order valence-corrected chi connectivity index (χ4v) is 2.48. The van der Waals surface area contributed by atoms with Crippen molar-refractivity contribution in [3.63, 3.8) is 0 Å². The zero-order valence-corrected chi connectivity index (χ0v) is 12.5. The number of furan rings is 1. The van der Waals surface area contributed by atoms with Crippen LogP contribution < -0.4 is 5.32 Å². The third kappa shape index (κ3) is 3.91. The predicted molar refractivity (Wildman–Crippen MR) is 79.2 cm³/mol. The van der Waals surface area contributed by atoms with Gasteiger partial charge in [-0.1, -0.05) is 13.8 Å². The first-order valence-electron chi connectivity index (χ1n) is 7.39. The molecule has 2 rings (SSSR count). The van der Waals surface area contributed by atoms with Crippen LogP contribution in [0.2, 0.25) is 0 Å². The summed E-state index contributed by atoms with van der Waals surface area (Å²) in [6.07, 6.45) is 3.80. The van der Waals surface area contributed by atoms with Gasteiger partial charge in [-0.15, -0.1) is 0 Å². The fraction of sp³-hybridized carbons (Fsp3) is 0.412. The standard InChI is InChI=1S/C17H21F2NO/c1-3-8-20-16(14-7-9-21-17(14)4-2)11-12-10-13(18)5-6-15(12)19/h5-7,9-10,16,20H,3-4,8,11H2,1-2H3. The highest BCUT2D eigenvalue weighted by atomic mass is 19.1. The van der Waals surface area contributed by atoms with Crippen molar-refractivity contribution < 1.29 is 13.2 Å². The largest absolute Gasteiger partial charge is 0.469 e.